The Balaban J connectivity index is 1.44. The zero-order valence-corrected chi connectivity index (χ0v) is 19.6. The van der Waals surface area contributed by atoms with Crippen LogP contribution in [0, 0.1) is 5.41 Å². The zero-order chi connectivity index (χ0) is 24.5. The van der Waals surface area contributed by atoms with Crippen LogP contribution < -0.4 is 11.1 Å². The summed E-state index contributed by atoms with van der Waals surface area (Å²) in [5.41, 5.74) is 4.35. The van der Waals surface area contributed by atoms with Gasteiger partial charge in [0.15, 0.2) is 5.71 Å². The Morgan fingerprint density at radius 2 is 2.29 bits per heavy atom. The van der Waals surface area contributed by atoms with Crippen LogP contribution in [-0.2, 0) is 26.3 Å². The van der Waals surface area contributed by atoms with Crippen LogP contribution in [0.2, 0.25) is 0 Å². The molecule has 0 aliphatic carbocycles. The fraction of sp³-hybridized carbons (Fsp3) is 0.471. The molecule has 0 aromatic carbocycles. The van der Waals surface area contributed by atoms with Gasteiger partial charge in [0.1, 0.15) is 29.6 Å². The number of hydrogen-bond acceptors (Lipinski definition) is 13. The van der Waals surface area contributed by atoms with Crippen LogP contribution in [0.4, 0.5) is 5.95 Å². The molecule has 2 amide bonds. The van der Waals surface area contributed by atoms with Gasteiger partial charge in [-0.25, -0.2) is 14.6 Å². The molecule has 15 nitrogen and oxygen atoms in total. The first kappa shape index (κ1) is 23.7. The monoisotopic (exact) mass is 508 g/mol. The van der Waals surface area contributed by atoms with Crippen LogP contribution in [0.3, 0.4) is 0 Å². The second-order valence-corrected chi connectivity index (χ2v) is 9.55. The van der Waals surface area contributed by atoms with E-state index in [0.717, 1.165) is 0 Å². The first-order valence-corrected chi connectivity index (χ1v) is 11.8. The maximum atomic E-state index is 12.8. The number of aliphatic carboxylic acids is 1. The lowest BCUT2D eigenvalue weighted by Crippen LogP contribution is -2.74. The van der Waals surface area contributed by atoms with E-state index in [4.69, 9.17) is 10.6 Å². The molecule has 4 heterocycles. The highest BCUT2D eigenvalue weighted by Gasteiger charge is 2.57. The predicted molar refractivity (Wildman–Crippen MR) is 119 cm³/mol. The molecule has 34 heavy (non-hydrogen) atoms. The van der Waals surface area contributed by atoms with Crippen molar-refractivity contribution in [3.63, 3.8) is 0 Å². The van der Waals surface area contributed by atoms with E-state index in [1.165, 1.54) is 52.5 Å². The van der Waals surface area contributed by atoms with Gasteiger partial charge in [0.2, 0.25) is 17.0 Å². The van der Waals surface area contributed by atoms with Crippen LogP contribution >= 0.6 is 23.5 Å². The summed E-state index contributed by atoms with van der Waals surface area (Å²) in [6, 6.07) is 0.588. The van der Waals surface area contributed by atoms with Crippen molar-refractivity contribution in [3.8, 4) is 0 Å². The molecule has 0 spiro atoms. The van der Waals surface area contributed by atoms with Crippen molar-refractivity contribution < 1.29 is 24.3 Å². The van der Waals surface area contributed by atoms with Gasteiger partial charge >= 0.3 is 5.97 Å². The van der Waals surface area contributed by atoms with Crippen molar-refractivity contribution in [1.29, 1.82) is 0 Å². The quantitative estimate of drug-likeness (QED) is 0.156. The number of oxime groups is 1. The number of carboxylic acids is 1. The van der Waals surface area contributed by atoms with E-state index in [1.54, 1.807) is 7.05 Å². The Hall–Kier alpha value is -3.47. The number of β-lactam (4-membered cyclic amide) rings is 1. The second-order valence-electron chi connectivity index (χ2n) is 7.50. The van der Waals surface area contributed by atoms with E-state index < -0.39 is 28.7 Å². The van der Waals surface area contributed by atoms with Crippen molar-refractivity contribution in [3.05, 3.63) is 18.0 Å². The van der Waals surface area contributed by atoms with E-state index in [1.807, 2.05) is 0 Å². The van der Waals surface area contributed by atoms with Gasteiger partial charge < -0.3 is 25.9 Å². The largest absolute Gasteiger partial charge is 0.481 e. The summed E-state index contributed by atoms with van der Waals surface area (Å²) in [7, 11) is 2.93. The van der Waals surface area contributed by atoms with Crippen molar-refractivity contribution >= 4 is 53.0 Å². The van der Waals surface area contributed by atoms with Gasteiger partial charge in [-0.15, -0.1) is 16.9 Å². The highest BCUT2D eigenvalue weighted by molar-refractivity contribution is 8.00. The highest BCUT2D eigenvalue weighted by Crippen LogP contribution is 2.44. The number of aryl methyl sites for hydroxylation is 1. The molecule has 2 aliphatic heterocycles. The average Bonchev–Trinajstić information content (AvgIpc) is 3.23. The number of nitrogens with zero attached hydrogens (tertiary/aromatic N) is 8. The Labute approximate surface area is 200 Å². The topological polar surface area (TPSA) is 204 Å². The van der Waals surface area contributed by atoms with Crippen molar-refractivity contribution in [2.45, 2.75) is 16.6 Å². The summed E-state index contributed by atoms with van der Waals surface area (Å²) in [4.78, 5) is 51.8. The zero-order valence-electron chi connectivity index (χ0n) is 18.0. The number of fused-ring (bicyclic) bond motifs is 1. The number of anilines is 1. The molecule has 2 unspecified atom stereocenters. The summed E-state index contributed by atoms with van der Waals surface area (Å²) >= 11 is 2.50. The molecule has 0 saturated carbocycles. The fourth-order valence-electron chi connectivity index (χ4n) is 3.46. The van der Waals surface area contributed by atoms with Crippen LogP contribution in [-0.4, -0.2) is 100 Å². The molecule has 2 fully saturated rings. The van der Waals surface area contributed by atoms with Gasteiger partial charge in [-0.3, -0.25) is 14.4 Å². The molecular formula is C17H20N10O5S2. The SMILES string of the molecule is CON=C(C(=O)NC1C(=O)N2CC(CSc3nnnn3C)(C(=O)O)CS[C@H]12)c1ccnc(N)n1. The molecule has 17 heteroatoms. The molecular weight excluding hydrogens is 488 g/mol. The Bertz CT molecular complexity index is 1160. The van der Waals surface area contributed by atoms with Crippen LogP contribution in [0.5, 0.6) is 0 Å². The number of carbonyl (C=O) groups is 3. The lowest BCUT2D eigenvalue weighted by Gasteiger charge is -2.53. The summed E-state index contributed by atoms with van der Waals surface area (Å²) < 4.78 is 1.45. The van der Waals surface area contributed by atoms with Crippen molar-refractivity contribution in [2.24, 2.45) is 17.6 Å². The summed E-state index contributed by atoms with van der Waals surface area (Å²) in [5.74, 6) is -1.72. The normalized spacial score (nSPS) is 24.2. The maximum absolute atomic E-state index is 12.8. The molecule has 4 rings (SSSR count). The van der Waals surface area contributed by atoms with E-state index >= 15 is 0 Å². The lowest BCUT2D eigenvalue weighted by atomic mass is 9.89. The Morgan fingerprint density at radius 3 is 2.94 bits per heavy atom. The number of aromatic nitrogens is 6. The van der Waals surface area contributed by atoms with Crippen LogP contribution in [0.15, 0.2) is 22.6 Å². The number of carboxylic acid groups (broad SMARTS) is 1. The van der Waals surface area contributed by atoms with Gasteiger partial charge in [0.25, 0.3) is 5.91 Å². The smallest absolute Gasteiger partial charge is 0.313 e. The Morgan fingerprint density at radius 1 is 1.50 bits per heavy atom. The number of hydrogen-bond donors (Lipinski definition) is 3. The number of nitrogens with two attached hydrogens (primary N) is 1. The first-order valence-electron chi connectivity index (χ1n) is 9.77. The summed E-state index contributed by atoms with van der Waals surface area (Å²) in [6.45, 7) is 0.00491. The molecule has 2 saturated heterocycles. The minimum atomic E-state index is -1.19. The number of rotatable bonds is 8. The van der Waals surface area contributed by atoms with E-state index in [2.05, 4.69) is 36.0 Å². The second kappa shape index (κ2) is 9.41. The van der Waals surface area contributed by atoms with E-state index in [0.29, 0.717) is 5.16 Å². The standard InChI is InChI=1S/C17H20N10O5S2/c1-26-16(22-24-25-26)34-7-17(14(30)31)5-27-12(29)10(13(27)33-6-17)21-11(28)9(23-32-2)8-3-4-19-15(18)20-8/h3-4,10,13H,5-7H2,1-2H3,(H,21,28)(H,30,31)(H2,18,19,20)/t10?,13-,17?/m1/s1. The number of nitrogens with one attached hydrogen (secondary N) is 1. The number of nitrogen functional groups attached to an aromatic ring is 1. The predicted octanol–water partition coefficient (Wildman–Crippen LogP) is -1.80. The Kier molecular flexibility index (Phi) is 6.56. The van der Waals surface area contributed by atoms with Crippen LogP contribution in [0.1, 0.15) is 5.69 Å². The molecule has 0 bridgehead atoms. The minimum absolute atomic E-state index is 0.00491. The van der Waals surface area contributed by atoms with Gasteiger partial charge in [0, 0.05) is 31.3 Å². The third-order valence-corrected chi connectivity index (χ3v) is 8.15. The van der Waals surface area contributed by atoms with E-state index in [9.17, 15) is 19.5 Å². The highest BCUT2D eigenvalue weighted by atomic mass is 32.2. The number of carbonyl (C=O) groups excluding carboxylic acids is 2. The summed E-state index contributed by atoms with van der Waals surface area (Å²) in [6.07, 6.45) is 1.37. The van der Waals surface area contributed by atoms with Gasteiger partial charge in [-0.1, -0.05) is 16.9 Å². The average molecular weight is 509 g/mol. The molecule has 0 radical (unpaired) electrons. The van der Waals surface area contributed by atoms with E-state index in [-0.39, 0.29) is 41.3 Å². The van der Waals surface area contributed by atoms with Gasteiger partial charge in [0.05, 0.1) is 0 Å². The fourth-order valence-corrected chi connectivity index (χ4v) is 6.17. The van der Waals surface area contributed by atoms with Gasteiger partial charge in [-0.05, 0) is 16.5 Å². The molecule has 180 valence electrons. The lowest BCUT2D eigenvalue weighted by molar-refractivity contribution is -0.157. The third kappa shape index (κ3) is 4.35. The number of tetrazole rings is 1. The number of thioether (sulfide) groups is 2. The molecule has 4 N–H and O–H groups in total. The van der Waals surface area contributed by atoms with Crippen molar-refractivity contribution in [1.82, 2.24) is 40.4 Å². The minimum Gasteiger partial charge on any atom is -0.481 e. The first-order chi connectivity index (χ1) is 16.3. The third-order valence-electron chi connectivity index (χ3n) is 5.26. The molecule has 2 aromatic rings. The summed E-state index contributed by atoms with van der Waals surface area (Å²) in [5, 5.41) is 27.5. The number of amides is 2. The van der Waals surface area contributed by atoms with Crippen molar-refractivity contribution in [2.75, 3.05) is 30.9 Å². The van der Waals surface area contributed by atoms with Gasteiger partial charge in [-0.2, -0.15) is 0 Å². The molecule has 2 aliphatic rings. The van der Waals surface area contributed by atoms with Crippen LogP contribution in [0.25, 0.3) is 0 Å². The molecule has 3 atom stereocenters. The molecule has 2 aromatic heterocycles. The maximum Gasteiger partial charge on any atom is 0.313 e.